The number of rotatable bonds is 9. The number of hydrogen-bond acceptors (Lipinski definition) is 10. The molecule has 3 fully saturated rings. The summed E-state index contributed by atoms with van der Waals surface area (Å²) in [6, 6.07) is 9.55. The number of primary amides is 1. The Balaban J connectivity index is 1.03. The Morgan fingerprint density at radius 1 is 0.935 bits per heavy atom. The van der Waals surface area contributed by atoms with Crippen molar-refractivity contribution >= 4 is 52.5 Å². The van der Waals surface area contributed by atoms with Crippen LogP contribution in [0.1, 0.15) is 63.2 Å². The Morgan fingerprint density at radius 3 is 2.41 bits per heavy atom. The zero-order chi connectivity index (χ0) is 32.4. The molecule has 14 heteroatoms. The van der Waals surface area contributed by atoms with Crippen LogP contribution in [0.3, 0.4) is 0 Å². The molecule has 0 bridgehead atoms. The lowest BCUT2D eigenvalue weighted by molar-refractivity contribution is -0.136. The molecule has 4 aliphatic heterocycles. The molecule has 0 saturated carbocycles. The van der Waals surface area contributed by atoms with E-state index < -0.39 is 35.6 Å². The number of hydrogen-bond donors (Lipinski definition) is 4. The zero-order valence-corrected chi connectivity index (χ0v) is 25.4. The van der Waals surface area contributed by atoms with E-state index in [1.165, 1.54) is 6.07 Å². The Morgan fingerprint density at radius 2 is 1.70 bits per heavy atom. The second kappa shape index (κ2) is 13.2. The van der Waals surface area contributed by atoms with Crippen molar-refractivity contribution in [1.29, 1.82) is 0 Å². The van der Waals surface area contributed by atoms with Gasteiger partial charge in [0, 0.05) is 81.9 Å². The van der Waals surface area contributed by atoms with Gasteiger partial charge in [-0.2, -0.15) is 0 Å². The number of piperidine rings is 1. The Bertz CT molecular complexity index is 1580. The van der Waals surface area contributed by atoms with Gasteiger partial charge in [-0.25, -0.2) is 0 Å². The van der Waals surface area contributed by atoms with Gasteiger partial charge in [-0.15, -0.1) is 0 Å². The molecule has 2 aromatic carbocycles. The fourth-order valence-electron chi connectivity index (χ4n) is 6.46. The highest BCUT2D eigenvalue weighted by Crippen LogP contribution is 2.32. The van der Waals surface area contributed by atoms with Gasteiger partial charge >= 0.3 is 0 Å². The van der Waals surface area contributed by atoms with Gasteiger partial charge in [0.1, 0.15) is 6.04 Å². The van der Waals surface area contributed by atoms with Gasteiger partial charge in [0.25, 0.3) is 17.7 Å². The number of carbonyl (C=O) groups excluding carboxylic acids is 6. The minimum atomic E-state index is -1.05. The summed E-state index contributed by atoms with van der Waals surface area (Å²) in [5, 5.41) is 8.79. The van der Waals surface area contributed by atoms with E-state index in [-0.39, 0.29) is 48.9 Å². The van der Waals surface area contributed by atoms with Crippen molar-refractivity contribution in [2.75, 3.05) is 61.5 Å². The minimum absolute atomic E-state index is 0.0433. The number of imide groups is 2. The van der Waals surface area contributed by atoms with E-state index in [9.17, 15) is 28.8 Å². The Kier molecular flexibility index (Phi) is 8.88. The van der Waals surface area contributed by atoms with E-state index in [2.05, 4.69) is 20.9 Å². The van der Waals surface area contributed by atoms with E-state index in [1.807, 2.05) is 12.1 Å². The molecule has 4 heterocycles. The number of ether oxygens (including phenoxy) is 1. The van der Waals surface area contributed by atoms with Crippen molar-refractivity contribution in [3.8, 4) is 0 Å². The molecule has 0 spiro atoms. The number of carbonyl (C=O) groups is 6. The maximum atomic E-state index is 13.3. The first kappa shape index (κ1) is 31.0. The van der Waals surface area contributed by atoms with E-state index in [0.717, 1.165) is 23.4 Å². The van der Waals surface area contributed by atoms with Gasteiger partial charge in [0.05, 0.1) is 16.7 Å². The highest BCUT2D eigenvalue weighted by atomic mass is 16.5. The van der Waals surface area contributed by atoms with Crippen LogP contribution in [0.15, 0.2) is 36.4 Å². The highest BCUT2D eigenvalue weighted by molar-refractivity contribution is 6.25. The van der Waals surface area contributed by atoms with E-state index >= 15 is 0 Å². The van der Waals surface area contributed by atoms with Crippen molar-refractivity contribution in [3.05, 3.63) is 53.1 Å². The van der Waals surface area contributed by atoms with Crippen LogP contribution in [0, 0.1) is 0 Å². The Hall–Kier alpha value is -4.98. The van der Waals surface area contributed by atoms with E-state index in [0.29, 0.717) is 56.3 Å². The number of anilines is 3. The van der Waals surface area contributed by atoms with Gasteiger partial charge < -0.3 is 30.9 Å². The molecule has 0 radical (unpaired) electrons. The Labute approximate surface area is 265 Å². The van der Waals surface area contributed by atoms with Crippen LogP contribution in [-0.4, -0.2) is 103 Å². The minimum Gasteiger partial charge on any atom is -0.384 e. The predicted octanol–water partition coefficient (Wildman–Crippen LogP) is 0.928. The lowest BCUT2D eigenvalue weighted by Crippen LogP contribution is -2.54. The molecular weight excluding hydrogens is 594 g/mol. The molecule has 6 amide bonds. The number of nitrogens with one attached hydrogen (secondary N) is 3. The van der Waals surface area contributed by atoms with Crippen LogP contribution in [-0.2, 0) is 19.1 Å². The number of benzene rings is 2. The molecule has 5 N–H and O–H groups in total. The average Bonchev–Trinajstić information content (AvgIpc) is 3.31. The molecule has 2 aromatic rings. The second-order valence-corrected chi connectivity index (χ2v) is 11.8. The molecule has 0 aromatic heterocycles. The van der Waals surface area contributed by atoms with Crippen molar-refractivity contribution in [1.82, 2.24) is 15.1 Å². The van der Waals surface area contributed by atoms with Crippen molar-refractivity contribution in [2.24, 2.45) is 5.73 Å². The summed E-state index contributed by atoms with van der Waals surface area (Å²) in [5.74, 6) is -2.82. The largest absolute Gasteiger partial charge is 0.384 e. The molecule has 4 aliphatic rings. The number of nitrogens with zero attached hydrogens (tertiary/aromatic N) is 3. The molecule has 46 heavy (non-hydrogen) atoms. The first-order chi connectivity index (χ1) is 22.2. The van der Waals surface area contributed by atoms with Gasteiger partial charge in [0.2, 0.25) is 17.7 Å². The van der Waals surface area contributed by atoms with Crippen LogP contribution in [0.4, 0.5) is 17.1 Å². The van der Waals surface area contributed by atoms with Crippen molar-refractivity contribution < 1.29 is 33.5 Å². The summed E-state index contributed by atoms with van der Waals surface area (Å²) in [7, 11) is 0. The average molecular weight is 632 g/mol. The molecule has 1 unspecified atom stereocenters. The third-order valence-electron chi connectivity index (χ3n) is 8.97. The topological polar surface area (TPSA) is 183 Å². The third kappa shape index (κ3) is 6.25. The van der Waals surface area contributed by atoms with Crippen LogP contribution in [0.5, 0.6) is 0 Å². The monoisotopic (exact) mass is 631 g/mol. The number of fused-ring (bicyclic) bond motifs is 1. The second-order valence-electron chi connectivity index (χ2n) is 11.8. The van der Waals surface area contributed by atoms with Crippen LogP contribution >= 0.6 is 0 Å². The summed E-state index contributed by atoms with van der Waals surface area (Å²) < 4.78 is 5.44. The quantitative estimate of drug-likeness (QED) is 0.291. The predicted molar refractivity (Wildman–Crippen MR) is 167 cm³/mol. The van der Waals surface area contributed by atoms with Gasteiger partial charge in [-0.3, -0.25) is 39.0 Å². The molecule has 3 saturated heterocycles. The lowest BCUT2D eigenvalue weighted by Gasteiger charge is -2.36. The van der Waals surface area contributed by atoms with Gasteiger partial charge in [-0.05, 0) is 49.6 Å². The lowest BCUT2D eigenvalue weighted by atomic mass is 10.0. The molecule has 1 atom stereocenters. The molecule has 242 valence electrons. The maximum Gasteiger partial charge on any atom is 0.264 e. The van der Waals surface area contributed by atoms with E-state index in [4.69, 9.17) is 10.5 Å². The van der Waals surface area contributed by atoms with Gasteiger partial charge in [-0.1, -0.05) is 6.07 Å². The number of piperazine rings is 1. The van der Waals surface area contributed by atoms with Crippen molar-refractivity contribution in [3.63, 3.8) is 0 Å². The smallest absolute Gasteiger partial charge is 0.264 e. The standard InChI is InChI=1S/C32H37N7O7/c33-29(42)21-5-4-20(18-24(21)35-19-9-16-46-17-10-19)37-12-14-38(15-13-37)27(41)8-11-34-23-3-1-2-22-28(23)32(45)39(31(22)44)25-6-7-26(40)36-30(25)43/h1-5,18-19,25,34-35H,6-17H2,(H2,33,42)(H,36,40,43). The fraction of sp³-hybridized carbons (Fsp3) is 0.438. The molecule has 14 nitrogen and oxygen atoms in total. The van der Waals surface area contributed by atoms with Crippen LogP contribution in [0.25, 0.3) is 0 Å². The molecule has 0 aliphatic carbocycles. The van der Waals surface area contributed by atoms with Crippen LogP contribution in [0.2, 0.25) is 0 Å². The first-order valence-electron chi connectivity index (χ1n) is 15.6. The highest BCUT2D eigenvalue weighted by Gasteiger charge is 2.45. The molecule has 6 rings (SSSR count). The maximum absolute atomic E-state index is 13.3. The zero-order valence-electron chi connectivity index (χ0n) is 25.4. The summed E-state index contributed by atoms with van der Waals surface area (Å²) >= 11 is 0. The first-order valence-corrected chi connectivity index (χ1v) is 15.6. The summed E-state index contributed by atoms with van der Waals surface area (Å²) in [5.41, 5.74) is 8.47. The van der Waals surface area contributed by atoms with Gasteiger partial charge in [0.15, 0.2) is 0 Å². The SMILES string of the molecule is NC(=O)c1ccc(N2CCN(C(=O)CCNc3cccc4c3C(=O)N(C3CCC(=O)NC3=O)C4=O)CC2)cc1NC1CCOCC1. The summed E-state index contributed by atoms with van der Waals surface area (Å²) in [4.78, 5) is 80.4. The normalized spacial score (nSPS) is 20.4. The third-order valence-corrected chi connectivity index (χ3v) is 8.97. The summed E-state index contributed by atoms with van der Waals surface area (Å²) in [6.07, 6.45) is 1.99. The summed E-state index contributed by atoms with van der Waals surface area (Å²) in [6.45, 7) is 3.86. The molecular formula is C32H37N7O7. The van der Waals surface area contributed by atoms with Crippen LogP contribution < -0.4 is 26.6 Å². The number of nitrogens with two attached hydrogens (primary N) is 1. The fourth-order valence-corrected chi connectivity index (χ4v) is 6.46. The number of amides is 6. The van der Waals surface area contributed by atoms with E-state index in [1.54, 1.807) is 23.1 Å². The van der Waals surface area contributed by atoms with Crippen molar-refractivity contribution in [2.45, 2.75) is 44.2 Å².